The number of carbonyl (C=O) groups is 1. The van der Waals surface area contributed by atoms with Gasteiger partial charge in [-0.25, -0.2) is 8.42 Å². The van der Waals surface area contributed by atoms with E-state index in [1.165, 1.54) is 15.6 Å². The topological polar surface area (TPSA) is 92.3 Å². The molecule has 1 aliphatic rings. The number of hydrogen-bond donors (Lipinski definition) is 1. The lowest BCUT2D eigenvalue weighted by molar-refractivity contribution is -0.120. The van der Waals surface area contributed by atoms with Crippen molar-refractivity contribution in [3.8, 4) is 0 Å². The first-order valence-corrected chi connectivity index (χ1v) is 11.3. The summed E-state index contributed by atoms with van der Waals surface area (Å²) in [6.45, 7) is 6.52. The van der Waals surface area contributed by atoms with Crippen LogP contribution in [0.3, 0.4) is 0 Å². The predicted octanol–water partition coefficient (Wildman–Crippen LogP) is 2.76. The molecule has 0 unspecified atom stereocenters. The maximum Gasteiger partial charge on any atom is 0.243 e. The smallest absolute Gasteiger partial charge is 0.243 e. The van der Waals surface area contributed by atoms with Gasteiger partial charge in [0.1, 0.15) is 5.01 Å². The average Bonchev–Trinajstić information content (AvgIpc) is 3.11. The highest BCUT2D eigenvalue weighted by atomic mass is 32.2. The molecule has 1 aromatic carbocycles. The molecule has 1 N–H and O–H groups in total. The van der Waals surface area contributed by atoms with Crippen LogP contribution in [-0.4, -0.2) is 41.9 Å². The molecular weight excluding hydrogens is 384 g/mol. The van der Waals surface area contributed by atoms with Gasteiger partial charge in [-0.15, -0.1) is 10.2 Å². The largest absolute Gasteiger partial charge is 0.300 e. The van der Waals surface area contributed by atoms with Crippen LogP contribution in [0.1, 0.15) is 35.9 Å². The van der Waals surface area contributed by atoms with Crippen molar-refractivity contribution < 1.29 is 13.2 Å². The Labute approximate surface area is 163 Å². The summed E-state index contributed by atoms with van der Waals surface area (Å²) in [4.78, 5) is 12.7. The summed E-state index contributed by atoms with van der Waals surface area (Å²) >= 11 is 1.37. The van der Waals surface area contributed by atoms with E-state index in [4.69, 9.17) is 0 Å². The van der Waals surface area contributed by atoms with E-state index >= 15 is 0 Å². The highest BCUT2D eigenvalue weighted by Crippen LogP contribution is 2.26. The fourth-order valence-corrected chi connectivity index (χ4v) is 5.27. The van der Waals surface area contributed by atoms with Crippen LogP contribution in [0.25, 0.3) is 0 Å². The molecule has 0 saturated carbocycles. The molecule has 9 heteroatoms. The maximum atomic E-state index is 12.9. The molecule has 1 saturated heterocycles. The highest BCUT2D eigenvalue weighted by Gasteiger charge is 2.32. The number of hydrogen-bond acceptors (Lipinski definition) is 6. The Balaban J connectivity index is 1.62. The molecular formula is C18H24N4O3S2. The zero-order valence-corrected chi connectivity index (χ0v) is 17.4. The molecule has 0 aliphatic carbocycles. The van der Waals surface area contributed by atoms with Crippen molar-refractivity contribution in [3.05, 3.63) is 34.3 Å². The second-order valence-electron chi connectivity index (χ2n) is 6.77. The number of amides is 1. The number of sulfonamides is 1. The maximum absolute atomic E-state index is 12.9. The van der Waals surface area contributed by atoms with Crippen LogP contribution in [-0.2, 0) is 21.2 Å². The predicted molar refractivity (Wildman–Crippen MR) is 105 cm³/mol. The van der Waals surface area contributed by atoms with Gasteiger partial charge in [-0.1, -0.05) is 24.3 Å². The van der Waals surface area contributed by atoms with Crippen LogP contribution < -0.4 is 5.32 Å². The third-order valence-corrected chi connectivity index (χ3v) is 7.82. The van der Waals surface area contributed by atoms with Gasteiger partial charge in [0.15, 0.2) is 0 Å². The van der Waals surface area contributed by atoms with Crippen LogP contribution in [0.2, 0.25) is 0 Å². The number of aromatic nitrogens is 2. The molecule has 1 aromatic heterocycles. The molecule has 0 bridgehead atoms. The van der Waals surface area contributed by atoms with Gasteiger partial charge in [0.2, 0.25) is 21.1 Å². The number of nitrogens with zero attached hydrogens (tertiary/aromatic N) is 3. The van der Waals surface area contributed by atoms with Crippen molar-refractivity contribution in [2.24, 2.45) is 5.92 Å². The van der Waals surface area contributed by atoms with Crippen LogP contribution in [0.5, 0.6) is 0 Å². The Kier molecular flexibility index (Phi) is 5.92. The van der Waals surface area contributed by atoms with Crippen molar-refractivity contribution >= 4 is 32.4 Å². The van der Waals surface area contributed by atoms with Crippen molar-refractivity contribution in [1.29, 1.82) is 0 Å². The van der Waals surface area contributed by atoms with Crippen molar-refractivity contribution in [2.45, 2.75) is 44.9 Å². The summed E-state index contributed by atoms with van der Waals surface area (Å²) < 4.78 is 27.2. The minimum atomic E-state index is -3.53. The van der Waals surface area contributed by atoms with Gasteiger partial charge in [0.05, 0.1) is 4.90 Å². The third kappa shape index (κ3) is 4.36. The number of benzene rings is 1. The van der Waals surface area contributed by atoms with Gasteiger partial charge in [-0.3, -0.25) is 4.79 Å². The normalized spacial score (nSPS) is 16.4. The van der Waals surface area contributed by atoms with E-state index < -0.39 is 10.0 Å². The average molecular weight is 409 g/mol. The number of rotatable bonds is 5. The third-order valence-electron chi connectivity index (χ3n) is 4.94. The second-order valence-corrected chi connectivity index (χ2v) is 9.77. The molecule has 0 atom stereocenters. The van der Waals surface area contributed by atoms with Gasteiger partial charge < -0.3 is 5.32 Å². The Morgan fingerprint density at radius 1 is 1.22 bits per heavy atom. The van der Waals surface area contributed by atoms with Gasteiger partial charge in [0.25, 0.3) is 0 Å². The molecule has 1 fully saturated rings. The van der Waals surface area contributed by atoms with E-state index in [-0.39, 0.29) is 11.8 Å². The minimum absolute atomic E-state index is 0.114. The summed E-state index contributed by atoms with van der Waals surface area (Å²) in [6.07, 6.45) is 1.77. The first-order chi connectivity index (χ1) is 12.8. The van der Waals surface area contributed by atoms with Crippen LogP contribution in [0.4, 0.5) is 5.13 Å². The first-order valence-electron chi connectivity index (χ1n) is 9.02. The Morgan fingerprint density at radius 3 is 2.52 bits per heavy atom. The Bertz CT molecular complexity index is 932. The molecule has 0 spiro atoms. The summed E-state index contributed by atoms with van der Waals surface area (Å²) in [5, 5.41) is 12.1. The zero-order chi connectivity index (χ0) is 19.6. The number of carbonyl (C=O) groups excluding carboxylic acids is 1. The van der Waals surface area contributed by atoms with Crippen molar-refractivity contribution in [1.82, 2.24) is 14.5 Å². The van der Waals surface area contributed by atoms with Crippen LogP contribution in [0.15, 0.2) is 23.1 Å². The fraction of sp³-hybridized carbons (Fsp3) is 0.500. The summed E-state index contributed by atoms with van der Waals surface area (Å²) in [7, 11) is -3.53. The molecule has 0 radical (unpaired) electrons. The summed E-state index contributed by atoms with van der Waals surface area (Å²) in [5.41, 5.74) is 2.01. The molecule has 2 aromatic rings. The molecule has 146 valence electrons. The van der Waals surface area contributed by atoms with Gasteiger partial charge in [0, 0.05) is 19.0 Å². The Hall–Kier alpha value is -1.84. The van der Waals surface area contributed by atoms with Gasteiger partial charge >= 0.3 is 0 Å². The van der Waals surface area contributed by atoms with E-state index in [0.29, 0.717) is 36.0 Å². The van der Waals surface area contributed by atoms with Crippen molar-refractivity contribution in [3.63, 3.8) is 0 Å². The molecule has 7 nitrogen and oxygen atoms in total. The molecule has 1 amide bonds. The molecule has 3 rings (SSSR count). The number of piperidine rings is 1. The van der Waals surface area contributed by atoms with E-state index in [1.54, 1.807) is 12.1 Å². The minimum Gasteiger partial charge on any atom is -0.300 e. The number of nitrogens with one attached hydrogen (secondary N) is 1. The van der Waals surface area contributed by atoms with Gasteiger partial charge in [-0.2, -0.15) is 4.31 Å². The first kappa shape index (κ1) is 19.9. The second kappa shape index (κ2) is 8.04. The number of aryl methyl sites for hydroxylation is 3. The van der Waals surface area contributed by atoms with Crippen molar-refractivity contribution in [2.75, 3.05) is 18.4 Å². The summed E-state index contributed by atoms with van der Waals surface area (Å²) in [5.74, 6) is -0.331. The quantitative estimate of drug-likeness (QED) is 0.821. The van der Waals surface area contributed by atoms with E-state index in [9.17, 15) is 13.2 Å². The lowest BCUT2D eigenvalue weighted by Gasteiger charge is -2.30. The molecule has 2 heterocycles. The van der Waals surface area contributed by atoms with E-state index in [0.717, 1.165) is 22.6 Å². The molecule has 27 heavy (non-hydrogen) atoms. The SMILES string of the molecule is CCc1nnc(NC(=O)C2CCN(S(=O)(=O)c3ccc(C)c(C)c3)CC2)s1. The lowest BCUT2D eigenvalue weighted by Crippen LogP contribution is -2.41. The standard InChI is InChI=1S/C18H24N4O3S2/c1-4-16-20-21-18(26-16)19-17(23)14-7-9-22(10-8-14)27(24,25)15-6-5-12(2)13(3)11-15/h5-6,11,14H,4,7-10H2,1-3H3,(H,19,21,23). The van der Waals surface area contributed by atoms with Crippen LogP contribution in [0, 0.1) is 19.8 Å². The molecule has 1 aliphatic heterocycles. The van der Waals surface area contributed by atoms with Gasteiger partial charge in [-0.05, 0) is 56.4 Å². The summed E-state index contributed by atoms with van der Waals surface area (Å²) in [6, 6.07) is 5.19. The van der Waals surface area contributed by atoms with E-state index in [2.05, 4.69) is 15.5 Å². The van der Waals surface area contributed by atoms with E-state index in [1.807, 2.05) is 26.8 Å². The Morgan fingerprint density at radius 2 is 1.93 bits per heavy atom. The highest BCUT2D eigenvalue weighted by molar-refractivity contribution is 7.89. The lowest BCUT2D eigenvalue weighted by atomic mass is 9.97. The zero-order valence-electron chi connectivity index (χ0n) is 15.7. The number of anilines is 1. The monoisotopic (exact) mass is 408 g/mol. The fourth-order valence-electron chi connectivity index (χ4n) is 3.04. The van der Waals surface area contributed by atoms with Crippen LogP contribution >= 0.6 is 11.3 Å².